The molecule has 1 atom stereocenters. The molecule has 0 aliphatic carbocycles. The molecule has 0 aromatic heterocycles. The van der Waals surface area contributed by atoms with Gasteiger partial charge in [-0.1, -0.05) is 23.7 Å². The lowest BCUT2D eigenvalue weighted by Gasteiger charge is -2.14. The molecule has 0 spiro atoms. The van der Waals surface area contributed by atoms with Gasteiger partial charge in [0.25, 0.3) is 0 Å². The van der Waals surface area contributed by atoms with Crippen molar-refractivity contribution in [3.63, 3.8) is 0 Å². The second kappa shape index (κ2) is 8.47. The minimum atomic E-state index is -0.142. The quantitative estimate of drug-likeness (QED) is 0.749. The van der Waals surface area contributed by atoms with E-state index in [1.54, 1.807) is 24.3 Å². The molecule has 2 aromatic rings. The second-order valence-electron chi connectivity index (χ2n) is 5.46. The zero-order chi connectivity index (χ0) is 17.5. The molecule has 5 nitrogen and oxygen atoms in total. The first kappa shape index (κ1) is 18.0. The molecule has 2 aromatic carbocycles. The Morgan fingerprint density at radius 3 is 2.25 bits per heavy atom. The fourth-order valence-electron chi connectivity index (χ4n) is 2.18. The van der Waals surface area contributed by atoms with Crippen LogP contribution < -0.4 is 16.0 Å². The van der Waals surface area contributed by atoms with Gasteiger partial charge in [0.15, 0.2) is 0 Å². The van der Waals surface area contributed by atoms with E-state index in [1.165, 1.54) is 6.92 Å². The molecule has 3 N–H and O–H groups in total. The van der Waals surface area contributed by atoms with Gasteiger partial charge in [0.1, 0.15) is 0 Å². The first-order valence-corrected chi connectivity index (χ1v) is 7.98. The van der Waals surface area contributed by atoms with E-state index in [0.717, 1.165) is 5.56 Å². The van der Waals surface area contributed by atoms with E-state index in [-0.39, 0.29) is 24.4 Å². The summed E-state index contributed by atoms with van der Waals surface area (Å²) in [6.45, 7) is 3.60. The molecule has 2 amide bonds. The van der Waals surface area contributed by atoms with E-state index < -0.39 is 0 Å². The van der Waals surface area contributed by atoms with Gasteiger partial charge in [-0.05, 0) is 48.9 Å². The van der Waals surface area contributed by atoms with Crippen molar-refractivity contribution >= 4 is 34.8 Å². The zero-order valence-electron chi connectivity index (χ0n) is 13.6. The molecule has 0 radical (unpaired) electrons. The standard InChI is InChI=1S/C18H20ClN3O2/c1-12(14-4-3-5-15(19)10-14)20-11-18(24)22-17-8-6-16(7-9-17)21-13(2)23/h3-10,12,20H,11H2,1-2H3,(H,21,23)(H,22,24)/t12-/m0/s1. The third-order valence-corrected chi connectivity index (χ3v) is 3.64. The van der Waals surface area contributed by atoms with E-state index >= 15 is 0 Å². The van der Waals surface area contributed by atoms with Crippen LogP contribution in [0.25, 0.3) is 0 Å². The van der Waals surface area contributed by atoms with Gasteiger partial charge in [0.05, 0.1) is 6.54 Å². The van der Waals surface area contributed by atoms with Crippen molar-refractivity contribution < 1.29 is 9.59 Å². The number of hydrogen-bond acceptors (Lipinski definition) is 3. The Morgan fingerprint density at radius 2 is 1.67 bits per heavy atom. The van der Waals surface area contributed by atoms with Crippen molar-refractivity contribution in [3.8, 4) is 0 Å². The van der Waals surface area contributed by atoms with Gasteiger partial charge < -0.3 is 16.0 Å². The summed E-state index contributed by atoms with van der Waals surface area (Å²) in [5, 5.41) is 9.30. The zero-order valence-corrected chi connectivity index (χ0v) is 14.4. The Morgan fingerprint density at radius 1 is 1.04 bits per heavy atom. The third kappa shape index (κ3) is 5.68. The number of anilines is 2. The highest BCUT2D eigenvalue weighted by molar-refractivity contribution is 6.30. The summed E-state index contributed by atoms with van der Waals surface area (Å²) in [5.74, 6) is -0.276. The van der Waals surface area contributed by atoms with Crippen LogP contribution in [0.1, 0.15) is 25.5 Å². The third-order valence-electron chi connectivity index (χ3n) is 3.41. The lowest BCUT2D eigenvalue weighted by Crippen LogP contribution is -2.30. The van der Waals surface area contributed by atoms with Crippen LogP contribution >= 0.6 is 11.6 Å². The molecule has 2 rings (SSSR count). The molecule has 126 valence electrons. The molecule has 0 bridgehead atoms. The van der Waals surface area contributed by atoms with Gasteiger partial charge in [-0.2, -0.15) is 0 Å². The fraction of sp³-hybridized carbons (Fsp3) is 0.222. The van der Waals surface area contributed by atoms with Crippen molar-refractivity contribution in [3.05, 3.63) is 59.1 Å². The molecule has 24 heavy (non-hydrogen) atoms. The van der Waals surface area contributed by atoms with Crippen molar-refractivity contribution in [2.45, 2.75) is 19.9 Å². The monoisotopic (exact) mass is 345 g/mol. The highest BCUT2D eigenvalue weighted by Gasteiger charge is 2.08. The molecule has 0 heterocycles. The average Bonchev–Trinajstić information content (AvgIpc) is 2.54. The largest absolute Gasteiger partial charge is 0.326 e. The van der Waals surface area contributed by atoms with Crippen LogP contribution in [-0.4, -0.2) is 18.4 Å². The molecular weight excluding hydrogens is 326 g/mol. The average molecular weight is 346 g/mol. The molecule has 0 unspecified atom stereocenters. The highest BCUT2D eigenvalue weighted by Crippen LogP contribution is 2.17. The Bertz CT molecular complexity index is 716. The van der Waals surface area contributed by atoms with Gasteiger partial charge in [0, 0.05) is 29.4 Å². The molecule has 0 saturated heterocycles. The summed E-state index contributed by atoms with van der Waals surface area (Å²) in [6.07, 6.45) is 0. The lowest BCUT2D eigenvalue weighted by atomic mass is 10.1. The van der Waals surface area contributed by atoms with Crippen LogP contribution in [0.5, 0.6) is 0 Å². The minimum absolute atomic E-state index is 0.0107. The van der Waals surface area contributed by atoms with Crippen molar-refractivity contribution in [1.82, 2.24) is 5.32 Å². The number of carbonyl (C=O) groups excluding carboxylic acids is 2. The van der Waals surface area contributed by atoms with E-state index in [4.69, 9.17) is 11.6 Å². The molecular formula is C18H20ClN3O2. The minimum Gasteiger partial charge on any atom is -0.326 e. The molecule has 0 aliphatic heterocycles. The van der Waals surface area contributed by atoms with E-state index in [1.807, 2.05) is 31.2 Å². The summed E-state index contributed by atoms with van der Waals surface area (Å²) in [5.41, 5.74) is 2.38. The van der Waals surface area contributed by atoms with E-state index in [0.29, 0.717) is 16.4 Å². The number of hydrogen-bond donors (Lipinski definition) is 3. The topological polar surface area (TPSA) is 70.2 Å². The maximum absolute atomic E-state index is 12.0. The van der Waals surface area contributed by atoms with Gasteiger partial charge in [0.2, 0.25) is 11.8 Å². The number of halogens is 1. The first-order valence-electron chi connectivity index (χ1n) is 7.60. The van der Waals surface area contributed by atoms with Crippen LogP contribution in [0.15, 0.2) is 48.5 Å². The lowest BCUT2D eigenvalue weighted by molar-refractivity contribution is -0.115. The summed E-state index contributed by atoms with van der Waals surface area (Å²) in [4.78, 5) is 23.0. The van der Waals surface area contributed by atoms with Gasteiger partial charge in [-0.25, -0.2) is 0 Å². The Kier molecular flexibility index (Phi) is 6.35. The van der Waals surface area contributed by atoms with Crippen LogP contribution in [0.2, 0.25) is 5.02 Å². The molecule has 0 saturated carbocycles. The predicted octanol–water partition coefficient (Wildman–Crippen LogP) is 3.59. The van der Waals surface area contributed by atoms with Crippen molar-refractivity contribution in [2.75, 3.05) is 17.2 Å². The number of amides is 2. The fourth-order valence-corrected chi connectivity index (χ4v) is 2.38. The van der Waals surface area contributed by atoms with Crippen molar-refractivity contribution in [1.29, 1.82) is 0 Å². The van der Waals surface area contributed by atoms with Crippen LogP contribution in [0.3, 0.4) is 0 Å². The van der Waals surface area contributed by atoms with E-state index in [9.17, 15) is 9.59 Å². The van der Waals surface area contributed by atoms with E-state index in [2.05, 4.69) is 16.0 Å². The van der Waals surface area contributed by atoms with Crippen LogP contribution in [-0.2, 0) is 9.59 Å². The summed E-state index contributed by atoms with van der Waals surface area (Å²) in [6, 6.07) is 14.5. The first-order chi connectivity index (χ1) is 11.4. The van der Waals surface area contributed by atoms with Crippen molar-refractivity contribution in [2.24, 2.45) is 0 Å². The molecule has 0 aliphatic rings. The summed E-state index contributed by atoms with van der Waals surface area (Å²) >= 11 is 5.97. The number of nitrogens with one attached hydrogen (secondary N) is 3. The molecule has 0 fully saturated rings. The number of rotatable bonds is 6. The SMILES string of the molecule is CC(=O)Nc1ccc(NC(=O)CN[C@@H](C)c2cccc(Cl)c2)cc1. The number of carbonyl (C=O) groups is 2. The number of benzene rings is 2. The van der Waals surface area contributed by atoms with Crippen LogP contribution in [0, 0.1) is 0 Å². The Hall–Kier alpha value is -2.37. The van der Waals surface area contributed by atoms with Gasteiger partial charge in [-0.3, -0.25) is 9.59 Å². The van der Waals surface area contributed by atoms with Gasteiger partial charge >= 0.3 is 0 Å². The smallest absolute Gasteiger partial charge is 0.238 e. The maximum atomic E-state index is 12.0. The summed E-state index contributed by atoms with van der Waals surface area (Å²) in [7, 11) is 0. The second-order valence-corrected chi connectivity index (χ2v) is 5.90. The van der Waals surface area contributed by atoms with Crippen LogP contribution in [0.4, 0.5) is 11.4 Å². The Labute approximate surface area is 146 Å². The molecule has 6 heteroatoms. The highest BCUT2D eigenvalue weighted by atomic mass is 35.5. The Balaban J connectivity index is 1.83. The maximum Gasteiger partial charge on any atom is 0.238 e. The normalized spacial score (nSPS) is 11.6. The van der Waals surface area contributed by atoms with Gasteiger partial charge in [-0.15, -0.1) is 0 Å². The predicted molar refractivity (Wildman–Crippen MR) is 97.2 cm³/mol. The summed E-state index contributed by atoms with van der Waals surface area (Å²) < 4.78 is 0.